The maximum Gasteiger partial charge on any atom is 0.262 e. The molecule has 0 spiro atoms. The summed E-state index contributed by atoms with van der Waals surface area (Å²) < 4.78 is 5.82. The van der Waals surface area contributed by atoms with Gasteiger partial charge >= 0.3 is 0 Å². The molecule has 4 rings (SSSR count). The van der Waals surface area contributed by atoms with E-state index in [9.17, 15) is 9.59 Å². The molecule has 0 bridgehead atoms. The monoisotopic (exact) mass is 400 g/mol. The maximum absolute atomic E-state index is 12.8. The minimum Gasteiger partial charge on any atom is -0.483 e. The molecule has 1 fully saturated rings. The number of nitrogens with one attached hydrogen (secondary N) is 1. The molecule has 3 aromatic carbocycles. The highest BCUT2D eigenvalue weighted by molar-refractivity contribution is 6.04. The highest BCUT2D eigenvalue weighted by atomic mass is 16.5. The van der Waals surface area contributed by atoms with Crippen LogP contribution >= 0.6 is 0 Å². The fraction of sp³-hybridized carbons (Fsp3) is 0.200. The highest BCUT2D eigenvalue weighted by Gasteiger charge is 2.22. The summed E-state index contributed by atoms with van der Waals surface area (Å²) in [4.78, 5) is 27.2. The van der Waals surface area contributed by atoms with Gasteiger partial charge in [0.2, 0.25) is 0 Å². The average molecular weight is 400 g/mol. The van der Waals surface area contributed by atoms with Gasteiger partial charge in [-0.05, 0) is 36.6 Å². The third kappa shape index (κ3) is 4.51. The fourth-order valence-corrected chi connectivity index (χ4v) is 3.65. The van der Waals surface area contributed by atoms with Crippen LogP contribution in [-0.4, -0.2) is 36.4 Å². The molecule has 0 saturated carbocycles. The van der Waals surface area contributed by atoms with Crippen molar-refractivity contribution in [2.75, 3.05) is 25.0 Å². The number of ether oxygens (including phenoxy) is 1. The van der Waals surface area contributed by atoms with Crippen LogP contribution in [-0.2, 0) is 4.79 Å². The molecule has 1 heterocycles. The molecule has 0 aliphatic carbocycles. The SMILES string of the molecule is O=C(COc1ccccc1-c1ccccc1)Nc1ccccc1C(=O)N1CCCC1. The molecule has 0 aromatic heterocycles. The van der Waals surface area contributed by atoms with Crippen molar-refractivity contribution in [1.29, 1.82) is 0 Å². The molecule has 0 atom stereocenters. The van der Waals surface area contributed by atoms with Crippen molar-refractivity contribution in [3.8, 4) is 16.9 Å². The van der Waals surface area contributed by atoms with Gasteiger partial charge in [-0.2, -0.15) is 0 Å². The summed E-state index contributed by atoms with van der Waals surface area (Å²) in [6.45, 7) is 1.39. The van der Waals surface area contributed by atoms with Gasteiger partial charge in [-0.25, -0.2) is 0 Å². The second-order valence-corrected chi connectivity index (χ2v) is 7.24. The Hall–Kier alpha value is -3.60. The van der Waals surface area contributed by atoms with Gasteiger partial charge in [-0.15, -0.1) is 0 Å². The summed E-state index contributed by atoms with van der Waals surface area (Å²) in [6, 6.07) is 24.6. The van der Waals surface area contributed by atoms with Crippen molar-refractivity contribution in [3.05, 3.63) is 84.4 Å². The standard InChI is InChI=1S/C25H24N2O3/c28-24(18-30-23-15-7-5-12-20(23)19-10-2-1-3-11-19)26-22-14-6-4-13-21(22)25(29)27-16-8-9-17-27/h1-7,10-15H,8-9,16-18H2,(H,26,28). The van der Waals surface area contributed by atoms with E-state index in [0.717, 1.165) is 37.1 Å². The largest absolute Gasteiger partial charge is 0.483 e. The number of likely N-dealkylation sites (tertiary alicyclic amines) is 1. The first kappa shape index (κ1) is 19.7. The predicted octanol–water partition coefficient (Wildman–Crippen LogP) is 4.61. The molecule has 1 aliphatic rings. The van der Waals surface area contributed by atoms with Gasteiger partial charge in [0.05, 0.1) is 11.3 Å². The van der Waals surface area contributed by atoms with Crippen LogP contribution in [0.4, 0.5) is 5.69 Å². The Kier molecular flexibility index (Phi) is 6.09. The summed E-state index contributed by atoms with van der Waals surface area (Å²) in [5.41, 5.74) is 2.97. The Morgan fingerprint density at radius 2 is 1.50 bits per heavy atom. The summed E-state index contributed by atoms with van der Waals surface area (Å²) in [5.74, 6) is 0.290. The number of amides is 2. The lowest BCUT2D eigenvalue weighted by Crippen LogP contribution is -2.29. The number of rotatable bonds is 6. The third-order valence-corrected chi connectivity index (χ3v) is 5.16. The number of benzene rings is 3. The quantitative estimate of drug-likeness (QED) is 0.658. The number of para-hydroxylation sites is 2. The Morgan fingerprint density at radius 3 is 2.30 bits per heavy atom. The van der Waals surface area contributed by atoms with Crippen LogP contribution in [0.15, 0.2) is 78.9 Å². The zero-order valence-corrected chi connectivity index (χ0v) is 16.7. The first-order valence-corrected chi connectivity index (χ1v) is 10.2. The van der Waals surface area contributed by atoms with Crippen molar-refractivity contribution >= 4 is 17.5 Å². The highest BCUT2D eigenvalue weighted by Crippen LogP contribution is 2.29. The molecule has 1 saturated heterocycles. The Bertz CT molecular complexity index is 1030. The number of carbonyl (C=O) groups excluding carboxylic acids is 2. The normalized spacial score (nSPS) is 13.1. The number of nitrogens with zero attached hydrogens (tertiary/aromatic N) is 1. The first-order valence-electron chi connectivity index (χ1n) is 10.2. The van der Waals surface area contributed by atoms with Gasteiger partial charge in [0.15, 0.2) is 6.61 Å². The van der Waals surface area contributed by atoms with E-state index < -0.39 is 0 Å². The molecule has 3 aromatic rings. The fourth-order valence-electron chi connectivity index (χ4n) is 3.65. The maximum atomic E-state index is 12.8. The van der Waals surface area contributed by atoms with Gasteiger partial charge in [-0.1, -0.05) is 60.7 Å². The summed E-state index contributed by atoms with van der Waals surface area (Å²) in [7, 11) is 0. The van der Waals surface area contributed by atoms with Crippen LogP contribution < -0.4 is 10.1 Å². The van der Waals surface area contributed by atoms with Gasteiger partial charge in [0.1, 0.15) is 5.75 Å². The summed E-state index contributed by atoms with van der Waals surface area (Å²) in [6.07, 6.45) is 2.05. The number of hydrogen-bond donors (Lipinski definition) is 1. The lowest BCUT2D eigenvalue weighted by Gasteiger charge is -2.18. The molecule has 0 radical (unpaired) electrons. The lowest BCUT2D eigenvalue weighted by atomic mass is 10.1. The van der Waals surface area contributed by atoms with Crippen LogP contribution in [0.5, 0.6) is 5.75 Å². The predicted molar refractivity (Wildman–Crippen MR) is 118 cm³/mol. The second-order valence-electron chi connectivity index (χ2n) is 7.24. The van der Waals surface area contributed by atoms with E-state index in [1.807, 2.05) is 71.6 Å². The van der Waals surface area contributed by atoms with Crippen LogP contribution in [0.1, 0.15) is 23.2 Å². The molecule has 0 unspecified atom stereocenters. The van der Waals surface area contributed by atoms with Crippen molar-refractivity contribution in [2.45, 2.75) is 12.8 Å². The van der Waals surface area contributed by atoms with Gasteiger partial charge in [0.25, 0.3) is 11.8 Å². The lowest BCUT2D eigenvalue weighted by molar-refractivity contribution is -0.118. The molecule has 30 heavy (non-hydrogen) atoms. The van der Waals surface area contributed by atoms with E-state index in [4.69, 9.17) is 4.74 Å². The molecule has 1 aliphatic heterocycles. The molecular formula is C25H24N2O3. The second kappa shape index (κ2) is 9.27. The van der Waals surface area contributed by atoms with E-state index in [2.05, 4.69) is 5.32 Å². The van der Waals surface area contributed by atoms with Crippen LogP contribution in [0.25, 0.3) is 11.1 Å². The van der Waals surface area contributed by atoms with Crippen LogP contribution in [0.2, 0.25) is 0 Å². The van der Waals surface area contributed by atoms with Crippen molar-refractivity contribution in [2.24, 2.45) is 0 Å². The van der Waals surface area contributed by atoms with Gasteiger partial charge in [0, 0.05) is 18.7 Å². The van der Waals surface area contributed by atoms with E-state index >= 15 is 0 Å². The topological polar surface area (TPSA) is 58.6 Å². The Morgan fingerprint density at radius 1 is 0.833 bits per heavy atom. The van der Waals surface area contributed by atoms with Crippen molar-refractivity contribution < 1.29 is 14.3 Å². The van der Waals surface area contributed by atoms with E-state index in [-0.39, 0.29) is 18.4 Å². The van der Waals surface area contributed by atoms with Crippen LogP contribution in [0, 0.1) is 0 Å². The smallest absolute Gasteiger partial charge is 0.262 e. The van der Waals surface area contributed by atoms with E-state index in [1.54, 1.807) is 12.1 Å². The summed E-state index contributed by atoms with van der Waals surface area (Å²) in [5, 5.41) is 2.83. The zero-order chi connectivity index (χ0) is 20.8. The first-order chi connectivity index (χ1) is 14.7. The average Bonchev–Trinajstić information content (AvgIpc) is 3.33. The summed E-state index contributed by atoms with van der Waals surface area (Å²) >= 11 is 0. The molecule has 5 nitrogen and oxygen atoms in total. The molecular weight excluding hydrogens is 376 g/mol. The molecule has 1 N–H and O–H groups in total. The minimum absolute atomic E-state index is 0.0428. The minimum atomic E-state index is -0.306. The van der Waals surface area contributed by atoms with Crippen LogP contribution in [0.3, 0.4) is 0 Å². The Labute approximate surface area is 176 Å². The van der Waals surface area contributed by atoms with E-state index in [1.165, 1.54) is 0 Å². The van der Waals surface area contributed by atoms with E-state index in [0.29, 0.717) is 17.0 Å². The molecule has 5 heteroatoms. The molecule has 2 amide bonds. The molecule has 152 valence electrons. The van der Waals surface area contributed by atoms with Crippen molar-refractivity contribution in [1.82, 2.24) is 4.90 Å². The third-order valence-electron chi connectivity index (χ3n) is 5.16. The Balaban J connectivity index is 1.44. The number of carbonyl (C=O) groups is 2. The van der Waals surface area contributed by atoms with Crippen molar-refractivity contribution in [3.63, 3.8) is 0 Å². The zero-order valence-electron chi connectivity index (χ0n) is 16.7. The number of hydrogen-bond acceptors (Lipinski definition) is 3. The van der Waals surface area contributed by atoms with Gasteiger partial charge < -0.3 is 15.0 Å². The number of anilines is 1. The van der Waals surface area contributed by atoms with Gasteiger partial charge in [-0.3, -0.25) is 9.59 Å².